The van der Waals surface area contributed by atoms with Crippen LogP contribution in [0.5, 0.6) is 0 Å². The predicted octanol–water partition coefficient (Wildman–Crippen LogP) is 1.53. The lowest BCUT2D eigenvalue weighted by Gasteiger charge is -2.41. The van der Waals surface area contributed by atoms with Crippen LogP contribution >= 0.6 is 8.03 Å². The van der Waals surface area contributed by atoms with Gasteiger partial charge < -0.3 is 14.4 Å². The van der Waals surface area contributed by atoms with Crippen LogP contribution in [0.3, 0.4) is 0 Å². The smallest absolute Gasteiger partial charge is 0.148 e. The Morgan fingerprint density at radius 3 is 2.47 bits per heavy atom. The van der Waals surface area contributed by atoms with Crippen LogP contribution in [-0.2, 0) is 9.26 Å². The first-order chi connectivity index (χ1) is 6.93. The van der Waals surface area contributed by atoms with Crippen LogP contribution in [0.15, 0.2) is 0 Å². The minimum atomic E-state index is -0.875. The van der Waals surface area contributed by atoms with Crippen molar-refractivity contribution in [2.24, 2.45) is 11.8 Å². The number of hydrogen-bond donors (Lipinski definition) is 1. The summed E-state index contributed by atoms with van der Waals surface area (Å²) in [6.07, 6.45) is -0.524. The van der Waals surface area contributed by atoms with Crippen molar-refractivity contribution in [3.8, 4) is 0 Å². The molecular formula is C10H20BO3P. The predicted molar refractivity (Wildman–Crippen MR) is 63.2 cm³/mol. The molecule has 1 fully saturated rings. The zero-order chi connectivity index (χ0) is 11.6. The molecule has 2 radical (unpaired) electrons. The van der Waals surface area contributed by atoms with E-state index in [0.29, 0.717) is 12.5 Å². The third-order valence-corrected chi connectivity index (χ3v) is 3.88. The van der Waals surface area contributed by atoms with E-state index in [9.17, 15) is 5.11 Å². The monoisotopic (exact) mass is 230 g/mol. The van der Waals surface area contributed by atoms with Gasteiger partial charge in [0.05, 0.1) is 18.8 Å². The molecule has 0 aliphatic carbocycles. The highest BCUT2D eigenvalue weighted by Gasteiger charge is 2.38. The number of aliphatic hydroxyl groups excluding tert-OH is 1. The minimum Gasteiger partial charge on any atom is -0.390 e. The fourth-order valence-electron chi connectivity index (χ4n) is 1.89. The summed E-state index contributed by atoms with van der Waals surface area (Å²) in [5, 5.41) is 10.00. The lowest BCUT2D eigenvalue weighted by Crippen LogP contribution is -2.49. The average Bonchev–Trinajstić information content (AvgIpc) is 2.18. The van der Waals surface area contributed by atoms with Gasteiger partial charge >= 0.3 is 0 Å². The van der Waals surface area contributed by atoms with Gasteiger partial charge in [-0.3, -0.25) is 0 Å². The zero-order valence-corrected chi connectivity index (χ0v) is 10.8. The first-order valence-corrected chi connectivity index (χ1v) is 7.16. The Kier molecular flexibility index (Phi) is 5.04. The van der Waals surface area contributed by atoms with Gasteiger partial charge in [0.25, 0.3) is 0 Å². The third kappa shape index (κ3) is 3.42. The highest BCUT2D eigenvalue weighted by Crippen LogP contribution is 2.33. The SMILES string of the molecule is [B]P(C)OCC1OC(C)C(C)C(C)C1O. The first-order valence-electron chi connectivity index (χ1n) is 5.38. The number of hydrogen-bond acceptors (Lipinski definition) is 3. The lowest BCUT2D eigenvalue weighted by molar-refractivity contribution is -0.170. The molecule has 0 aromatic heterocycles. The van der Waals surface area contributed by atoms with Crippen molar-refractivity contribution >= 4 is 15.6 Å². The van der Waals surface area contributed by atoms with Crippen LogP contribution in [0.25, 0.3) is 0 Å². The Labute approximate surface area is 94.7 Å². The Balaban J connectivity index is 2.51. The van der Waals surface area contributed by atoms with Gasteiger partial charge in [0, 0.05) is 0 Å². The highest BCUT2D eigenvalue weighted by molar-refractivity contribution is 7.77. The molecule has 1 aliphatic heterocycles. The van der Waals surface area contributed by atoms with Gasteiger partial charge in [0.2, 0.25) is 0 Å². The van der Waals surface area contributed by atoms with E-state index in [1.165, 1.54) is 0 Å². The highest BCUT2D eigenvalue weighted by atomic mass is 31.1. The van der Waals surface area contributed by atoms with Crippen molar-refractivity contribution in [1.82, 2.24) is 0 Å². The molecule has 1 heterocycles. The molecular weight excluding hydrogens is 210 g/mol. The molecule has 0 bridgehead atoms. The van der Waals surface area contributed by atoms with Crippen LogP contribution < -0.4 is 0 Å². The van der Waals surface area contributed by atoms with Crippen LogP contribution in [0.2, 0.25) is 0 Å². The molecule has 0 saturated carbocycles. The van der Waals surface area contributed by atoms with Crippen LogP contribution in [0, 0.1) is 11.8 Å². The second-order valence-electron chi connectivity index (χ2n) is 4.43. The normalized spacial score (nSPS) is 43.9. The summed E-state index contributed by atoms with van der Waals surface area (Å²) in [5.74, 6) is 0.612. The van der Waals surface area contributed by atoms with Crippen molar-refractivity contribution in [2.75, 3.05) is 13.3 Å². The molecule has 6 atom stereocenters. The summed E-state index contributed by atoms with van der Waals surface area (Å²) in [4.78, 5) is 0. The summed E-state index contributed by atoms with van der Waals surface area (Å²) in [5.41, 5.74) is 0. The molecule has 0 aromatic carbocycles. The summed E-state index contributed by atoms with van der Waals surface area (Å²) >= 11 is 0. The summed E-state index contributed by atoms with van der Waals surface area (Å²) in [6, 6.07) is 0. The summed E-state index contributed by atoms with van der Waals surface area (Å²) < 4.78 is 11.1. The molecule has 0 aromatic rings. The van der Waals surface area contributed by atoms with Crippen molar-refractivity contribution in [2.45, 2.75) is 39.1 Å². The van der Waals surface area contributed by atoms with Crippen LogP contribution in [0.4, 0.5) is 0 Å². The zero-order valence-electron chi connectivity index (χ0n) is 9.88. The maximum atomic E-state index is 10.00. The molecule has 1 aliphatic rings. The molecule has 0 spiro atoms. The van der Waals surface area contributed by atoms with E-state index in [1.807, 2.05) is 13.6 Å². The molecule has 0 amide bonds. The molecule has 1 rings (SSSR count). The van der Waals surface area contributed by atoms with Crippen LogP contribution in [0.1, 0.15) is 20.8 Å². The van der Waals surface area contributed by atoms with Crippen molar-refractivity contribution in [1.29, 1.82) is 0 Å². The van der Waals surface area contributed by atoms with E-state index in [-0.39, 0.29) is 18.1 Å². The maximum absolute atomic E-state index is 10.00. The van der Waals surface area contributed by atoms with E-state index < -0.39 is 14.1 Å². The van der Waals surface area contributed by atoms with Crippen molar-refractivity contribution in [3.05, 3.63) is 0 Å². The standard InChI is InChI=1S/C10H20BO3P/c1-6-7(2)10(12)9(14-8(6)3)5-13-15(4)11/h6-10,12H,5H2,1-4H3. The van der Waals surface area contributed by atoms with Gasteiger partial charge in [-0.05, 0) is 33.5 Å². The van der Waals surface area contributed by atoms with Crippen molar-refractivity contribution < 1.29 is 14.4 Å². The van der Waals surface area contributed by atoms with Crippen molar-refractivity contribution in [3.63, 3.8) is 0 Å². The van der Waals surface area contributed by atoms with Gasteiger partial charge in [-0.25, -0.2) is 0 Å². The second kappa shape index (κ2) is 5.63. The number of ether oxygens (including phenoxy) is 1. The van der Waals surface area contributed by atoms with Crippen LogP contribution in [-0.4, -0.2) is 44.3 Å². The van der Waals surface area contributed by atoms with E-state index >= 15 is 0 Å². The fourth-order valence-corrected chi connectivity index (χ4v) is 2.27. The maximum Gasteiger partial charge on any atom is 0.148 e. The Hall–Kier alpha value is 0.375. The Bertz CT molecular complexity index is 203. The van der Waals surface area contributed by atoms with Gasteiger partial charge in [-0.15, -0.1) is 0 Å². The quantitative estimate of drug-likeness (QED) is 0.590. The fraction of sp³-hybridized carbons (Fsp3) is 1.00. The number of rotatable bonds is 3. The summed E-state index contributed by atoms with van der Waals surface area (Å²) in [7, 11) is 4.68. The van der Waals surface area contributed by atoms with Gasteiger partial charge in [0.1, 0.15) is 13.7 Å². The summed E-state index contributed by atoms with van der Waals surface area (Å²) in [6.45, 7) is 8.42. The Morgan fingerprint density at radius 2 is 1.93 bits per heavy atom. The minimum absolute atomic E-state index is 0.165. The van der Waals surface area contributed by atoms with Gasteiger partial charge in [-0.1, -0.05) is 13.8 Å². The topological polar surface area (TPSA) is 38.7 Å². The third-order valence-electron chi connectivity index (χ3n) is 3.32. The Morgan fingerprint density at radius 1 is 1.33 bits per heavy atom. The largest absolute Gasteiger partial charge is 0.390 e. The average molecular weight is 230 g/mol. The van der Waals surface area contributed by atoms with E-state index in [2.05, 4.69) is 13.8 Å². The molecule has 86 valence electrons. The second-order valence-corrected chi connectivity index (χ2v) is 5.78. The lowest BCUT2D eigenvalue weighted by atomic mass is 9.82. The van der Waals surface area contributed by atoms with E-state index in [4.69, 9.17) is 16.8 Å². The molecule has 6 unspecified atom stereocenters. The molecule has 3 nitrogen and oxygen atoms in total. The van der Waals surface area contributed by atoms with E-state index in [0.717, 1.165) is 0 Å². The molecule has 15 heavy (non-hydrogen) atoms. The molecule has 1 saturated heterocycles. The molecule has 5 heteroatoms. The van der Waals surface area contributed by atoms with Gasteiger partial charge in [-0.2, -0.15) is 0 Å². The number of aliphatic hydroxyl groups is 1. The van der Waals surface area contributed by atoms with E-state index in [1.54, 1.807) is 0 Å². The molecule has 1 N–H and O–H groups in total. The van der Waals surface area contributed by atoms with Gasteiger partial charge in [0.15, 0.2) is 0 Å². The first kappa shape index (κ1) is 13.4.